The van der Waals surface area contributed by atoms with Crippen molar-refractivity contribution >= 4 is 29.0 Å². The zero-order chi connectivity index (χ0) is 17.9. The van der Waals surface area contributed by atoms with Gasteiger partial charge in [0, 0.05) is 6.21 Å². The molecule has 0 saturated heterocycles. The van der Waals surface area contributed by atoms with Crippen molar-refractivity contribution < 1.29 is 14.8 Å². The summed E-state index contributed by atoms with van der Waals surface area (Å²) in [6, 6.07) is 8.20. The number of nitro groups is 3. The highest BCUT2D eigenvalue weighted by atomic mass is 16.6. The number of rotatable bonds is 5. The summed E-state index contributed by atoms with van der Waals surface area (Å²) in [6.07, 6.45) is 0.975. The van der Waals surface area contributed by atoms with Gasteiger partial charge < -0.3 is 0 Å². The first-order valence-corrected chi connectivity index (χ1v) is 6.52. The molecule has 0 heterocycles. The summed E-state index contributed by atoms with van der Waals surface area (Å²) in [5, 5.41) is 33.1. The Labute approximate surface area is 134 Å². The molecule has 0 radical (unpaired) electrons. The van der Waals surface area contributed by atoms with E-state index in [1.54, 1.807) is 31.2 Å². The lowest BCUT2D eigenvalue weighted by Gasteiger charge is -2.01. The van der Waals surface area contributed by atoms with Gasteiger partial charge in [0.05, 0.1) is 32.6 Å². The van der Waals surface area contributed by atoms with Crippen LogP contribution >= 0.6 is 0 Å². The summed E-state index contributed by atoms with van der Waals surface area (Å²) in [7, 11) is 0. The first-order chi connectivity index (χ1) is 11.3. The Balaban J connectivity index is 2.67. The van der Waals surface area contributed by atoms with Gasteiger partial charge in [-0.05, 0) is 18.6 Å². The normalized spacial score (nSPS) is 10.7. The van der Waals surface area contributed by atoms with Crippen molar-refractivity contribution in [3.63, 3.8) is 0 Å². The van der Waals surface area contributed by atoms with Gasteiger partial charge in [0.2, 0.25) is 0 Å². The lowest BCUT2D eigenvalue weighted by Crippen LogP contribution is -2.02. The highest BCUT2D eigenvalue weighted by Gasteiger charge is 2.29. The topological polar surface area (TPSA) is 142 Å². The molecule has 0 fully saturated rings. The predicted molar refractivity (Wildman–Crippen MR) is 84.8 cm³/mol. The molecule has 0 aliphatic rings. The maximum atomic E-state index is 11.1. The molecule has 0 amide bonds. The van der Waals surface area contributed by atoms with E-state index in [1.807, 2.05) is 0 Å². The fourth-order valence-electron chi connectivity index (χ4n) is 1.99. The van der Waals surface area contributed by atoms with Crippen molar-refractivity contribution in [1.29, 1.82) is 0 Å². The molecule has 10 heteroatoms. The standard InChI is InChI=1S/C14H10N4O6/c1-9-4-2-3-5-12(9)15-8-11-13(17(21)22)6-10(16(19)20)7-14(11)18(23)24/h2-8H,1H3. The van der Waals surface area contributed by atoms with Crippen molar-refractivity contribution in [2.45, 2.75) is 6.92 Å². The molecule has 24 heavy (non-hydrogen) atoms. The third-order valence-electron chi connectivity index (χ3n) is 3.17. The first-order valence-electron chi connectivity index (χ1n) is 6.52. The Hall–Kier alpha value is -3.69. The molecular formula is C14H10N4O6. The molecule has 0 atom stereocenters. The minimum absolute atomic E-state index is 0.404. The number of nitro benzene ring substituents is 3. The van der Waals surface area contributed by atoms with Crippen LogP contribution in [0, 0.1) is 37.3 Å². The van der Waals surface area contributed by atoms with Gasteiger partial charge >= 0.3 is 0 Å². The molecule has 2 aromatic carbocycles. The highest BCUT2D eigenvalue weighted by molar-refractivity contribution is 5.93. The lowest BCUT2D eigenvalue weighted by atomic mass is 10.1. The van der Waals surface area contributed by atoms with E-state index in [0.717, 1.165) is 11.8 Å². The molecule has 0 unspecified atom stereocenters. The van der Waals surface area contributed by atoms with E-state index in [9.17, 15) is 30.3 Å². The Bertz CT molecular complexity index is 842. The smallest absolute Gasteiger partial charge is 0.258 e. The molecule has 0 aliphatic heterocycles. The monoisotopic (exact) mass is 330 g/mol. The van der Waals surface area contributed by atoms with Crippen LogP contribution in [0.5, 0.6) is 0 Å². The molecule has 0 aromatic heterocycles. The largest absolute Gasteiger partial charge is 0.291 e. The van der Waals surface area contributed by atoms with Gasteiger partial charge in [0.1, 0.15) is 5.56 Å². The fraction of sp³-hybridized carbons (Fsp3) is 0.0714. The Morgan fingerprint density at radius 1 is 0.917 bits per heavy atom. The van der Waals surface area contributed by atoms with Gasteiger partial charge in [-0.1, -0.05) is 18.2 Å². The summed E-state index contributed by atoms with van der Waals surface area (Å²) < 4.78 is 0. The van der Waals surface area contributed by atoms with E-state index in [2.05, 4.69) is 4.99 Å². The highest BCUT2D eigenvalue weighted by Crippen LogP contribution is 2.33. The average molecular weight is 330 g/mol. The number of hydrogen-bond donors (Lipinski definition) is 0. The second kappa shape index (κ2) is 6.60. The van der Waals surface area contributed by atoms with Gasteiger partial charge in [-0.2, -0.15) is 0 Å². The number of non-ortho nitro benzene ring substituents is 1. The number of aryl methyl sites for hydroxylation is 1. The maximum Gasteiger partial charge on any atom is 0.291 e. The van der Waals surface area contributed by atoms with Crippen LogP contribution in [-0.4, -0.2) is 21.0 Å². The summed E-state index contributed by atoms with van der Waals surface area (Å²) in [5.74, 6) is 0. The molecule has 0 aliphatic carbocycles. The van der Waals surface area contributed by atoms with Crippen LogP contribution in [0.2, 0.25) is 0 Å². The first kappa shape index (κ1) is 16.7. The van der Waals surface area contributed by atoms with E-state index in [1.165, 1.54) is 0 Å². The predicted octanol–water partition coefficient (Wildman–Crippen LogP) is 3.47. The SMILES string of the molecule is Cc1ccccc1N=Cc1c([N+](=O)[O-])cc([N+](=O)[O-])cc1[N+](=O)[O-]. The number of nitrogens with zero attached hydrogens (tertiary/aromatic N) is 4. The van der Waals surface area contributed by atoms with Crippen LogP contribution in [-0.2, 0) is 0 Å². The summed E-state index contributed by atoms with van der Waals surface area (Å²) in [5.41, 5.74) is -1.41. The number of hydrogen-bond acceptors (Lipinski definition) is 7. The van der Waals surface area contributed by atoms with Crippen LogP contribution in [0.1, 0.15) is 11.1 Å². The van der Waals surface area contributed by atoms with E-state index in [4.69, 9.17) is 0 Å². The molecule has 122 valence electrons. The quantitative estimate of drug-likeness (QED) is 0.466. The molecule has 2 aromatic rings. The van der Waals surface area contributed by atoms with E-state index in [-0.39, 0.29) is 0 Å². The zero-order valence-electron chi connectivity index (χ0n) is 12.3. The number of aliphatic imine (C=N–C) groups is 1. The van der Waals surface area contributed by atoms with Crippen molar-refractivity contribution in [2.24, 2.45) is 4.99 Å². The summed E-state index contributed by atoms with van der Waals surface area (Å²) >= 11 is 0. The zero-order valence-corrected chi connectivity index (χ0v) is 12.3. The van der Waals surface area contributed by atoms with Crippen molar-refractivity contribution in [1.82, 2.24) is 0 Å². The van der Waals surface area contributed by atoms with Crippen LogP contribution in [0.3, 0.4) is 0 Å². The number of benzene rings is 2. The summed E-state index contributed by atoms with van der Waals surface area (Å²) in [6.45, 7) is 1.76. The van der Waals surface area contributed by atoms with Crippen LogP contribution < -0.4 is 0 Å². The minimum Gasteiger partial charge on any atom is -0.258 e. The number of para-hydroxylation sites is 1. The summed E-state index contributed by atoms with van der Waals surface area (Å²) in [4.78, 5) is 34.4. The van der Waals surface area contributed by atoms with E-state index in [0.29, 0.717) is 17.8 Å². The van der Waals surface area contributed by atoms with Gasteiger partial charge in [0.15, 0.2) is 0 Å². The molecule has 0 bridgehead atoms. The lowest BCUT2D eigenvalue weighted by molar-refractivity contribution is -0.403. The fourth-order valence-corrected chi connectivity index (χ4v) is 1.99. The van der Waals surface area contributed by atoms with E-state index < -0.39 is 37.4 Å². The van der Waals surface area contributed by atoms with Crippen molar-refractivity contribution in [3.8, 4) is 0 Å². The third kappa shape index (κ3) is 3.38. The van der Waals surface area contributed by atoms with Crippen LogP contribution in [0.25, 0.3) is 0 Å². The van der Waals surface area contributed by atoms with E-state index >= 15 is 0 Å². The molecular weight excluding hydrogens is 320 g/mol. The average Bonchev–Trinajstić information content (AvgIpc) is 2.53. The van der Waals surface area contributed by atoms with Gasteiger partial charge in [-0.15, -0.1) is 0 Å². The van der Waals surface area contributed by atoms with Gasteiger partial charge in [0.25, 0.3) is 17.1 Å². The Morgan fingerprint density at radius 2 is 1.46 bits per heavy atom. The second-order valence-corrected chi connectivity index (χ2v) is 4.71. The van der Waals surface area contributed by atoms with Gasteiger partial charge in [-0.3, -0.25) is 35.3 Å². The maximum absolute atomic E-state index is 11.1. The molecule has 0 saturated carbocycles. The van der Waals surface area contributed by atoms with Crippen LogP contribution in [0.15, 0.2) is 41.4 Å². The second-order valence-electron chi connectivity index (χ2n) is 4.71. The van der Waals surface area contributed by atoms with Crippen molar-refractivity contribution in [2.75, 3.05) is 0 Å². The van der Waals surface area contributed by atoms with Crippen molar-refractivity contribution in [3.05, 3.63) is 77.9 Å². The molecule has 2 rings (SSSR count). The van der Waals surface area contributed by atoms with Crippen LogP contribution in [0.4, 0.5) is 22.7 Å². The van der Waals surface area contributed by atoms with Gasteiger partial charge in [-0.25, -0.2) is 0 Å². The molecule has 10 nitrogen and oxygen atoms in total. The Kier molecular flexibility index (Phi) is 4.59. The Morgan fingerprint density at radius 3 is 1.92 bits per heavy atom. The minimum atomic E-state index is -0.928. The third-order valence-corrected chi connectivity index (χ3v) is 3.17. The molecule has 0 N–H and O–H groups in total. The molecule has 0 spiro atoms.